The van der Waals surface area contributed by atoms with Gasteiger partial charge in [-0.2, -0.15) is 5.10 Å². The van der Waals surface area contributed by atoms with E-state index in [2.05, 4.69) is 15.5 Å². The molecule has 1 aromatic carbocycles. The molecule has 0 spiro atoms. The molecule has 0 saturated heterocycles. The number of ether oxygens (including phenoxy) is 1. The lowest BCUT2D eigenvalue weighted by Crippen LogP contribution is -2.44. The van der Waals surface area contributed by atoms with Crippen molar-refractivity contribution in [1.29, 1.82) is 0 Å². The second-order valence-electron chi connectivity index (χ2n) is 5.94. The van der Waals surface area contributed by atoms with Gasteiger partial charge in [0.25, 0.3) is 0 Å². The molecule has 1 aliphatic heterocycles. The van der Waals surface area contributed by atoms with Crippen molar-refractivity contribution in [2.45, 2.75) is 32.5 Å². The molecular weight excluding hydrogens is 311 g/mol. The van der Waals surface area contributed by atoms with Crippen LogP contribution in [0.25, 0.3) is 0 Å². The van der Waals surface area contributed by atoms with Crippen LogP contribution in [0.15, 0.2) is 24.3 Å². The van der Waals surface area contributed by atoms with Gasteiger partial charge in [-0.05, 0) is 42.7 Å². The molecule has 1 atom stereocenters. The second kappa shape index (κ2) is 7.00. The van der Waals surface area contributed by atoms with Gasteiger partial charge >= 0.3 is 6.03 Å². The fourth-order valence-corrected chi connectivity index (χ4v) is 3.06. The summed E-state index contributed by atoms with van der Waals surface area (Å²) < 4.78 is 18.5. The van der Waals surface area contributed by atoms with Gasteiger partial charge in [0.05, 0.1) is 30.6 Å². The van der Waals surface area contributed by atoms with Crippen molar-refractivity contribution in [3.05, 3.63) is 52.6 Å². The predicted molar refractivity (Wildman–Crippen MR) is 86.8 cm³/mol. The van der Waals surface area contributed by atoms with E-state index in [4.69, 9.17) is 4.74 Å². The molecule has 3 rings (SSSR count). The Morgan fingerprint density at radius 1 is 1.50 bits per heavy atom. The number of hydrogen-bond donors (Lipinski definition) is 2. The zero-order valence-corrected chi connectivity index (χ0v) is 13.8. The summed E-state index contributed by atoms with van der Waals surface area (Å²) in [5.74, 6) is -0.272. The molecule has 2 amide bonds. The van der Waals surface area contributed by atoms with Gasteiger partial charge in [0, 0.05) is 13.7 Å². The highest BCUT2D eigenvalue weighted by Crippen LogP contribution is 2.29. The monoisotopic (exact) mass is 332 g/mol. The zero-order chi connectivity index (χ0) is 17.1. The molecule has 0 fully saturated rings. The first-order valence-electron chi connectivity index (χ1n) is 7.93. The van der Waals surface area contributed by atoms with Gasteiger partial charge in [0.15, 0.2) is 0 Å². The highest BCUT2D eigenvalue weighted by atomic mass is 19.1. The van der Waals surface area contributed by atoms with Crippen molar-refractivity contribution in [3.63, 3.8) is 0 Å². The van der Waals surface area contributed by atoms with Gasteiger partial charge in [-0.3, -0.25) is 5.10 Å². The largest absolute Gasteiger partial charge is 0.378 e. The minimum atomic E-state index is -0.272. The quantitative estimate of drug-likeness (QED) is 0.904. The molecule has 2 aromatic rings. The lowest BCUT2D eigenvalue weighted by atomic mass is 9.94. The molecule has 2 heterocycles. The molecule has 0 radical (unpaired) electrons. The summed E-state index contributed by atoms with van der Waals surface area (Å²) in [6.45, 7) is 3.32. The normalized spacial score (nSPS) is 16.8. The summed E-state index contributed by atoms with van der Waals surface area (Å²) in [6, 6.07) is 6.32. The number of methoxy groups -OCH3 is 1. The van der Waals surface area contributed by atoms with Crippen molar-refractivity contribution in [1.82, 2.24) is 20.4 Å². The Labute approximate surface area is 140 Å². The van der Waals surface area contributed by atoms with Crippen LogP contribution in [0.3, 0.4) is 0 Å². The highest BCUT2D eigenvalue weighted by Gasteiger charge is 2.27. The Kier molecular flexibility index (Phi) is 4.80. The van der Waals surface area contributed by atoms with Crippen molar-refractivity contribution >= 4 is 6.03 Å². The van der Waals surface area contributed by atoms with E-state index >= 15 is 0 Å². The van der Waals surface area contributed by atoms with E-state index in [0.29, 0.717) is 19.7 Å². The second-order valence-corrected chi connectivity index (χ2v) is 5.94. The summed E-state index contributed by atoms with van der Waals surface area (Å²) in [6.07, 6.45) is 0.732. The molecule has 7 heteroatoms. The van der Waals surface area contributed by atoms with Gasteiger partial charge in [0.2, 0.25) is 0 Å². The topological polar surface area (TPSA) is 70.2 Å². The van der Waals surface area contributed by atoms with Gasteiger partial charge < -0.3 is 15.0 Å². The third kappa shape index (κ3) is 3.41. The van der Waals surface area contributed by atoms with Gasteiger partial charge in [-0.1, -0.05) is 6.07 Å². The Morgan fingerprint density at radius 3 is 3.12 bits per heavy atom. The van der Waals surface area contributed by atoms with E-state index in [-0.39, 0.29) is 17.9 Å². The number of carbonyl (C=O) groups excluding carboxylic acids is 1. The van der Waals surface area contributed by atoms with Gasteiger partial charge in [0.1, 0.15) is 5.82 Å². The van der Waals surface area contributed by atoms with E-state index in [1.165, 1.54) is 12.1 Å². The minimum absolute atomic E-state index is 0.157. The number of urea groups is 1. The van der Waals surface area contributed by atoms with E-state index < -0.39 is 0 Å². The molecule has 0 unspecified atom stereocenters. The zero-order valence-electron chi connectivity index (χ0n) is 13.8. The van der Waals surface area contributed by atoms with Crippen LogP contribution in [0.2, 0.25) is 0 Å². The maximum Gasteiger partial charge on any atom is 0.318 e. The van der Waals surface area contributed by atoms with Crippen molar-refractivity contribution < 1.29 is 13.9 Å². The minimum Gasteiger partial charge on any atom is -0.378 e. The van der Waals surface area contributed by atoms with E-state index in [1.54, 1.807) is 18.1 Å². The van der Waals surface area contributed by atoms with Crippen LogP contribution in [0.1, 0.15) is 35.5 Å². The maximum absolute atomic E-state index is 13.5. The van der Waals surface area contributed by atoms with Gasteiger partial charge in [-0.25, -0.2) is 9.18 Å². The summed E-state index contributed by atoms with van der Waals surface area (Å²) >= 11 is 0. The molecule has 2 N–H and O–H groups in total. The molecule has 1 aromatic heterocycles. The number of aromatic nitrogens is 2. The number of amides is 2. The first-order chi connectivity index (χ1) is 11.6. The number of H-pyrrole nitrogens is 1. The number of nitrogens with zero attached hydrogens (tertiary/aromatic N) is 2. The number of aromatic amines is 1. The summed E-state index contributed by atoms with van der Waals surface area (Å²) in [7, 11) is 1.61. The van der Waals surface area contributed by atoms with Crippen molar-refractivity contribution in [2.75, 3.05) is 13.7 Å². The summed E-state index contributed by atoms with van der Waals surface area (Å²) in [5.41, 5.74) is 3.58. The summed E-state index contributed by atoms with van der Waals surface area (Å²) in [5, 5.41) is 9.85. The number of benzene rings is 1. The van der Waals surface area contributed by atoms with Crippen LogP contribution in [0.4, 0.5) is 9.18 Å². The van der Waals surface area contributed by atoms with Crippen molar-refractivity contribution in [3.8, 4) is 0 Å². The fraction of sp³-hybridized carbons (Fsp3) is 0.412. The Balaban J connectivity index is 1.62. The standard InChI is InChI=1S/C17H21FN4O2/c1-11-16-7-13(18)4-3-12(16)5-6-22(11)17(23)19-9-14-8-15(10-24-2)21-20-14/h3-4,7-8,11H,5-6,9-10H2,1-2H3,(H,19,23)(H,20,21)/t11-/m1/s1. The first-order valence-corrected chi connectivity index (χ1v) is 7.93. The predicted octanol–water partition coefficient (Wildman–Crippen LogP) is 2.52. The smallest absolute Gasteiger partial charge is 0.318 e. The number of rotatable bonds is 4. The average Bonchev–Trinajstić information content (AvgIpc) is 3.01. The van der Waals surface area contributed by atoms with Crippen LogP contribution in [-0.4, -0.2) is 34.8 Å². The molecule has 0 saturated carbocycles. The third-order valence-electron chi connectivity index (χ3n) is 4.31. The van der Waals surface area contributed by atoms with Crippen LogP contribution >= 0.6 is 0 Å². The molecule has 128 valence electrons. The molecular formula is C17H21FN4O2. The first kappa shape index (κ1) is 16.4. The van der Waals surface area contributed by atoms with E-state index in [1.807, 2.05) is 13.0 Å². The average molecular weight is 332 g/mol. The Bertz CT molecular complexity index is 731. The molecule has 0 aliphatic carbocycles. The van der Waals surface area contributed by atoms with E-state index in [0.717, 1.165) is 28.9 Å². The van der Waals surface area contributed by atoms with Crippen LogP contribution < -0.4 is 5.32 Å². The van der Waals surface area contributed by atoms with Crippen molar-refractivity contribution in [2.24, 2.45) is 0 Å². The van der Waals surface area contributed by atoms with E-state index in [9.17, 15) is 9.18 Å². The molecule has 6 nitrogen and oxygen atoms in total. The van der Waals surface area contributed by atoms with Crippen LogP contribution in [0.5, 0.6) is 0 Å². The molecule has 24 heavy (non-hydrogen) atoms. The van der Waals surface area contributed by atoms with Crippen LogP contribution in [0, 0.1) is 5.82 Å². The SMILES string of the molecule is COCc1cc(CNC(=O)N2CCc3ccc(F)cc3[C@H]2C)[nH]n1. The maximum atomic E-state index is 13.5. The number of halogens is 1. The Hall–Kier alpha value is -2.41. The summed E-state index contributed by atoms with van der Waals surface area (Å²) in [4.78, 5) is 14.2. The third-order valence-corrected chi connectivity index (χ3v) is 4.31. The lowest BCUT2D eigenvalue weighted by molar-refractivity contribution is 0.174. The van der Waals surface area contributed by atoms with Gasteiger partial charge in [-0.15, -0.1) is 0 Å². The fourth-order valence-electron chi connectivity index (χ4n) is 3.06. The Morgan fingerprint density at radius 2 is 2.33 bits per heavy atom. The number of hydrogen-bond acceptors (Lipinski definition) is 3. The molecule has 1 aliphatic rings. The van der Waals surface area contributed by atoms with Crippen LogP contribution in [-0.2, 0) is 24.3 Å². The highest BCUT2D eigenvalue weighted by molar-refractivity contribution is 5.75. The lowest BCUT2D eigenvalue weighted by Gasteiger charge is -2.35. The number of nitrogens with one attached hydrogen (secondary N) is 2. The number of carbonyl (C=O) groups is 1. The molecule has 0 bridgehead atoms. The number of fused-ring (bicyclic) bond motifs is 1.